The number of ether oxygens (including phenoxy) is 3. The maximum absolute atomic E-state index is 13.7. The third kappa shape index (κ3) is 9.42. The number of hydrogen-bond acceptors (Lipinski definition) is 8. The number of halogens is 4. The van der Waals surface area contributed by atoms with Crippen molar-refractivity contribution in [3.8, 4) is 5.75 Å². The molecule has 0 bridgehead atoms. The molecule has 1 aliphatic heterocycles. The Labute approximate surface area is 234 Å². The standard InChI is InChI=1S/C28H33F4N3O6/c1-26(2,3)41-23(37)9-10-27(17-40-24(34-27)19-5-7-22(8-6-19)39-12-4-11-36)25(38)35-33-16-18-13-20(28(30,31)32)15-21(29)14-18/h5-8,13-15,33,36H,4,9-12,16-17H2,1-3H3,(H,35,38)/t27-/m0/s1. The first kappa shape index (κ1) is 31.8. The van der Waals surface area contributed by atoms with Gasteiger partial charge in [0.25, 0.3) is 5.91 Å². The highest BCUT2D eigenvalue weighted by molar-refractivity contribution is 6.00. The molecule has 9 nitrogen and oxygen atoms in total. The zero-order valence-electron chi connectivity index (χ0n) is 22.9. The van der Waals surface area contributed by atoms with Gasteiger partial charge in [0.15, 0.2) is 5.54 Å². The number of carbonyl (C=O) groups is 2. The predicted octanol–water partition coefficient (Wildman–Crippen LogP) is 4.06. The summed E-state index contributed by atoms with van der Waals surface area (Å²) in [6, 6.07) is 8.77. The number of nitrogens with one attached hydrogen (secondary N) is 2. The number of esters is 1. The number of alkyl halides is 3. The van der Waals surface area contributed by atoms with Gasteiger partial charge in [-0.25, -0.2) is 14.8 Å². The molecule has 0 saturated carbocycles. The number of hydrogen-bond donors (Lipinski definition) is 3. The van der Waals surface area contributed by atoms with Crippen LogP contribution in [0.4, 0.5) is 17.6 Å². The number of benzene rings is 2. The van der Waals surface area contributed by atoms with E-state index in [-0.39, 0.29) is 44.1 Å². The first-order chi connectivity index (χ1) is 19.2. The van der Waals surface area contributed by atoms with Crippen LogP contribution in [-0.4, -0.2) is 53.8 Å². The van der Waals surface area contributed by atoms with E-state index in [0.717, 1.165) is 12.1 Å². The van der Waals surface area contributed by atoms with E-state index in [1.807, 2.05) is 0 Å². The molecule has 41 heavy (non-hydrogen) atoms. The number of hydrazine groups is 1. The minimum absolute atomic E-state index is 0.00185. The number of aliphatic hydroxyl groups is 1. The van der Waals surface area contributed by atoms with Crippen LogP contribution in [0, 0.1) is 5.82 Å². The fraction of sp³-hybridized carbons (Fsp3) is 0.464. The summed E-state index contributed by atoms with van der Waals surface area (Å²) in [7, 11) is 0. The second-order valence-corrected chi connectivity index (χ2v) is 10.4. The molecule has 3 rings (SSSR count). The molecule has 1 heterocycles. The lowest BCUT2D eigenvalue weighted by atomic mass is 9.94. The molecule has 0 aliphatic carbocycles. The maximum atomic E-state index is 13.7. The molecular weight excluding hydrogens is 550 g/mol. The molecule has 0 saturated heterocycles. The van der Waals surface area contributed by atoms with Crippen molar-refractivity contribution in [2.24, 2.45) is 4.99 Å². The third-order valence-electron chi connectivity index (χ3n) is 5.80. The number of amides is 1. The summed E-state index contributed by atoms with van der Waals surface area (Å²) in [4.78, 5) is 30.2. The third-order valence-corrected chi connectivity index (χ3v) is 5.80. The Bertz CT molecular complexity index is 1240. The minimum atomic E-state index is -4.73. The van der Waals surface area contributed by atoms with Crippen molar-refractivity contribution >= 4 is 17.8 Å². The largest absolute Gasteiger partial charge is 0.494 e. The quantitative estimate of drug-likeness (QED) is 0.149. The highest BCUT2D eigenvalue weighted by Gasteiger charge is 2.45. The van der Waals surface area contributed by atoms with E-state index >= 15 is 0 Å². The molecule has 0 radical (unpaired) electrons. The molecule has 224 valence electrons. The van der Waals surface area contributed by atoms with Gasteiger partial charge < -0.3 is 19.3 Å². The van der Waals surface area contributed by atoms with Crippen molar-refractivity contribution in [2.45, 2.75) is 63.9 Å². The summed E-state index contributed by atoms with van der Waals surface area (Å²) in [5.41, 5.74) is 1.95. The van der Waals surface area contributed by atoms with Gasteiger partial charge >= 0.3 is 12.1 Å². The van der Waals surface area contributed by atoms with Crippen LogP contribution in [0.15, 0.2) is 47.5 Å². The minimum Gasteiger partial charge on any atom is -0.494 e. The van der Waals surface area contributed by atoms with E-state index in [1.54, 1.807) is 45.0 Å². The van der Waals surface area contributed by atoms with Gasteiger partial charge in [-0.3, -0.25) is 15.0 Å². The fourth-order valence-electron chi connectivity index (χ4n) is 3.86. The molecule has 0 unspecified atom stereocenters. The highest BCUT2D eigenvalue weighted by atomic mass is 19.4. The monoisotopic (exact) mass is 583 g/mol. The van der Waals surface area contributed by atoms with Gasteiger partial charge in [-0.2, -0.15) is 13.2 Å². The van der Waals surface area contributed by atoms with Gasteiger partial charge in [0.05, 0.1) is 12.2 Å². The van der Waals surface area contributed by atoms with Gasteiger partial charge in [0.2, 0.25) is 5.90 Å². The SMILES string of the molecule is CC(C)(C)OC(=O)CC[C@@]1(C(=O)NNCc2cc(F)cc(C(F)(F)F)c2)COC(c2ccc(OCCCO)cc2)=N1. The summed E-state index contributed by atoms with van der Waals surface area (Å²) in [5.74, 6) is -1.62. The molecule has 13 heteroatoms. The van der Waals surface area contributed by atoms with Gasteiger partial charge in [-0.15, -0.1) is 0 Å². The molecule has 0 aromatic heterocycles. The van der Waals surface area contributed by atoms with Crippen molar-refractivity contribution in [3.05, 3.63) is 65.0 Å². The maximum Gasteiger partial charge on any atom is 0.416 e. The summed E-state index contributed by atoms with van der Waals surface area (Å²) in [5, 5.41) is 8.89. The second kappa shape index (κ2) is 13.3. The second-order valence-electron chi connectivity index (χ2n) is 10.4. The summed E-state index contributed by atoms with van der Waals surface area (Å²) >= 11 is 0. The smallest absolute Gasteiger partial charge is 0.416 e. The summed E-state index contributed by atoms with van der Waals surface area (Å²) < 4.78 is 69.4. The average molecular weight is 584 g/mol. The van der Waals surface area contributed by atoms with Crippen LogP contribution in [0.2, 0.25) is 0 Å². The lowest BCUT2D eigenvalue weighted by Crippen LogP contribution is -2.51. The van der Waals surface area contributed by atoms with Crippen molar-refractivity contribution in [2.75, 3.05) is 19.8 Å². The van der Waals surface area contributed by atoms with Crippen molar-refractivity contribution in [1.82, 2.24) is 10.9 Å². The van der Waals surface area contributed by atoms with Crippen LogP contribution < -0.4 is 15.6 Å². The van der Waals surface area contributed by atoms with Crippen LogP contribution in [0.1, 0.15) is 56.7 Å². The van der Waals surface area contributed by atoms with Crippen molar-refractivity contribution in [1.29, 1.82) is 0 Å². The van der Waals surface area contributed by atoms with Gasteiger partial charge in [-0.05, 0) is 75.2 Å². The van der Waals surface area contributed by atoms with E-state index in [9.17, 15) is 27.2 Å². The molecule has 1 aliphatic rings. The van der Waals surface area contributed by atoms with Crippen LogP contribution in [0.3, 0.4) is 0 Å². The van der Waals surface area contributed by atoms with Crippen LogP contribution in [0.25, 0.3) is 0 Å². The van der Waals surface area contributed by atoms with Crippen LogP contribution in [0.5, 0.6) is 5.75 Å². The molecule has 3 N–H and O–H groups in total. The number of aliphatic hydroxyl groups excluding tert-OH is 1. The predicted molar refractivity (Wildman–Crippen MR) is 140 cm³/mol. The fourth-order valence-corrected chi connectivity index (χ4v) is 3.86. The Morgan fingerprint density at radius 1 is 1.12 bits per heavy atom. The summed E-state index contributed by atoms with van der Waals surface area (Å²) in [6.07, 6.45) is -4.51. The Hall–Kier alpha value is -3.71. The van der Waals surface area contributed by atoms with Crippen LogP contribution in [-0.2, 0) is 31.8 Å². The van der Waals surface area contributed by atoms with E-state index in [0.29, 0.717) is 30.4 Å². The van der Waals surface area contributed by atoms with E-state index < -0.39 is 40.6 Å². The topological polar surface area (TPSA) is 118 Å². The molecular formula is C28H33F4N3O6. The average Bonchev–Trinajstić information content (AvgIpc) is 3.32. The molecule has 1 amide bonds. The van der Waals surface area contributed by atoms with Crippen molar-refractivity contribution < 1.29 is 46.5 Å². The van der Waals surface area contributed by atoms with Gasteiger partial charge in [0.1, 0.15) is 23.8 Å². The number of carbonyl (C=O) groups excluding carboxylic acids is 2. The number of aliphatic imine (C=N–C) groups is 1. The number of rotatable bonds is 12. The lowest BCUT2D eigenvalue weighted by molar-refractivity contribution is -0.155. The molecule has 0 fully saturated rings. The van der Waals surface area contributed by atoms with E-state index in [2.05, 4.69) is 15.8 Å². The lowest BCUT2D eigenvalue weighted by Gasteiger charge is -2.24. The van der Waals surface area contributed by atoms with E-state index in [4.69, 9.17) is 19.3 Å². The van der Waals surface area contributed by atoms with Gasteiger partial charge in [-0.1, -0.05) is 0 Å². The normalized spacial score (nSPS) is 17.0. The Morgan fingerprint density at radius 2 is 1.83 bits per heavy atom. The first-order valence-corrected chi connectivity index (χ1v) is 12.9. The Balaban J connectivity index is 1.75. The highest BCUT2D eigenvalue weighted by Crippen LogP contribution is 2.31. The zero-order chi connectivity index (χ0) is 30.3. The van der Waals surface area contributed by atoms with E-state index in [1.165, 1.54) is 0 Å². The Morgan fingerprint density at radius 3 is 2.46 bits per heavy atom. The zero-order valence-corrected chi connectivity index (χ0v) is 22.9. The Kier molecular flexibility index (Phi) is 10.3. The summed E-state index contributed by atoms with van der Waals surface area (Å²) in [6.45, 7) is 4.93. The van der Waals surface area contributed by atoms with Crippen LogP contribution >= 0.6 is 0 Å². The molecule has 0 spiro atoms. The first-order valence-electron chi connectivity index (χ1n) is 12.9. The van der Waals surface area contributed by atoms with Crippen molar-refractivity contribution in [3.63, 3.8) is 0 Å². The number of nitrogens with zero attached hydrogens (tertiary/aromatic N) is 1. The van der Waals surface area contributed by atoms with Gasteiger partial charge in [0, 0.05) is 31.6 Å². The molecule has 2 aromatic carbocycles. The molecule has 1 atom stereocenters. The molecule has 2 aromatic rings.